The van der Waals surface area contributed by atoms with Crippen LogP contribution in [0.25, 0.3) is 0 Å². The van der Waals surface area contributed by atoms with Crippen molar-refractivity contribution in [2.75, 3.05) is 13.7 Å². The molecule has 6 nitrogen and oxygen atoms in total. The summed E-state index contributed by atoms with van der Waals surface area (Å²) in [5, 5.41) is 3.98. The fraction of sp³-hybridized carbons (Fsp3) is 0.462. The summed E-state index contributed by atoms with van der Waals surface area (Å²) in [5.74, 6) is 1.16. The molecule has 0 saturated carbocycles. The van der Waals surface area contributed by atoms with Crippen molar-refractivity contribution in [2.24, 2.45) is 0 Å². The third kappa shape index (κ3) is 8.41. The van der Waals surface area contributed by atoms with Crippen LogP contribution in [0.5, 0.6) is 11.5 Å². The average Bonchev–Trinajstić information content (AvgIpc) is 2.83. The van der Waals surface area contributed by atoms with E-state index in [-0.39, 0.29) is 30.8 Å². The van der Waals surface area contributed by atoms with Crippen LogP contribution in [-0.4, -0.2) is 42.5 Å². The van der Waals surface area contributed by atoms with Crippen molar-refractivity contribution in [2.45, 2.75) is 65.1 Å². The highest BCUT2D eigenvalue weighted by Crippen LogP contribution is 2.24. The molecule has 2 rings (SSSR count). The fourth-order valence-electron chi connectivity index (χ4n) is 3.42. The van der Waals surface area contributed by atoms with Crippen molar-refractivity contribution in [3.05, 3.63) is 58.1 Å². The van der Waals surface area contributed by atoms with Crippen LogP contribution >= 0.6 is 23.2 Å². The predicted molar refractivity (Wildman–Crippen MR) is 137 cm³/mol. The summed E-state index contributed by atoms with van der Waals surface area (Å²) in [5.41, 5.74) is 0.740. The van der Waals surface area contributed by atoms with E-state index in [0.717, 1.165) is 17.7 Å². The minimum absolute atomic E-state index is 0.0236. The molecule has 0 saturated heterocycles. The Morgan fingerprint density at radius 2 is 1.71 bits per heavy atom. The van der Waals surface area contributed by atoms with Gasteiger partial charge in [-0.1, -0.05) is 43.1 Å². The molecule has 2 aromatic rings. The largest absolute Gasteiger partial charge is 0.497 e. The molecule has 0 aliphatic rings. The van der Waals surface area contributed by atoms with Crippen LogP contribution in [0.1, 0.15) is 52.0 Å². The lowest BCUT2D eigenvalue weighted by Gasteiger charge is -2.32. The molecule has 0 aromatic heterocycles. The summed E-state index contributed by atoms with van der Waals surface area (Å²) in [7, 11) is 1.61. The monoisotopic (exact) mass is 508 g/mol. The Morgan fingerprint density at radius 1 is 1.03 bits per heavy atom. The van der Waals surface area contributed by atoms with Gasteiger partial charge >= 0.3 is 0 Å². The Bertz CT molecular complexity index is 937. The minimum atomic E-state index is -0.601. The van der Waals surface area contributed by atoms with E-state index in [4.69, 9.17) is 32.7 Å². The number of methoxy groups -OCH3 is 1. The highest BCUT2D eigenvalue weighted by Gasteiger charge is 2.29. The van der Waals surface area contributed by atoms with E-state index in [1.165, 1.54) is 0 Å². The Morgan fingerprint density at radius 3 is 2.29 bits per heavy atom. The fourth-order valence-corrected chi connectivity index (χ4v) is 3.89. The molecule has 186 valence electrons. The average molecular weight is 509 g/mol. The maximum Gasteiger partial charge on any atom is 0.243 e. The zero-order valence-electron chi connectivity index (χ0n) is 20.3. The minimum Gasteiger partial charge on any atom is -0.497 e. The van der Waals surface area contributed by atoms with Gasteiger partial charge in [-0.05, 0) is 68.1 Å². The molecule has 0 spiro atoms. The first-order valence-corrected chi connectivity index (χ1v) is 12.3. The number of nitrogens with zero attached hydrogens (tertiary/aromatic N) is 1. The molecular weight excluding hydrogens is 475 g/mol. The second-order valence-electron chi connectivity index (χ2n) is 8.13. The maximum atomic E-state index is 13.3. The van der Waals surface area contributed by atoms with E-state index in [1.807, 2.05) is 45.0 Å². The van der Waals surface area contributed by atoms with Crippen molar-refractivity contribution in [1.29, 1.82) is 0 Å². The van der Waals surface area contributed by atoms with E-state index in [1.54, 1.807) is 30.2 Å². The summed E-state index contributed by atoms with van der Waals surface area (Å²) in [6.45, 7) is 6.45. The van der Waals surface area contributed by atoms with Gasteiger partial charge in [-0.3, -0.25) is 9.59 Å². The lowest BCUT2D eigenvalue weighted by atomic mass is 10.1. The van der Waals surface area contributed by atoms with Gasteiger partial charge in [0, 0.05) is 29.1 Å². The SMILES string of the molecule is CC[C@@H](C)NC(=O)[C@@H](CC)N(Cc1ccc(Cl)cc1Cl)C(=O)CCCOc1ccc(OC)cc1. The first kappa shape index (κ1) is 27.8. The Hall–Kier alpha value is -2.44. The Balaban J connectivity index is 2.09. The summed E-state index contributed by atoms with van der Waals surface area (Å²) in [6, 6.07) is 11.9. The molecule has 0 fully saturated rings. The van der Waals surface area contributed by atoms with Gasteiger partial charge in [0.25, 0.3) is 0 Å². The number of halogens is 2. The molecule has 34 heavy (non-hydrogen) atoms. The molecule has 0 unspecified atom stereocenters. The standard InChI is InChI=1S/C26H34Cl2N2O4/c1-5-18(3)29-26(32)24(6-2)30(17-19-9-10-20(27)16-23(19)28)25(31)8-7-15-34-22-13-11-21(33-4)12-14-22/h9-14,16,18,24H,5-8,15,17H2,1-4H3,(H,29,32)/t18-,24-/m1/s1. The second kappa shape index (κ2) is 14.1. The summed E-state index contributed by atoms with van der Waals surface area (Å²) in [6.07, 6.45) is 2.05. The molecule has 8 heteroatoms. The third-order valence-corrected chi connectivity index (χ3v) is 6.19. The summed E-state index contributed by atoms with van der Waals surface area (Å²) < 4.78 is 10.9. The van der Waals surface area contributed by atoms with Crippen molar-refractivity contribution in [1.82, 2.24) is 10.2 Å². The molecule has 0 radical (unpaired) electrons. The van der Waals surface area contributed by atoms with Crippen molar-refractivity contribution in [3.8, 4) is 11.5 Å². The van der Waals surface area contributed by atoms with Crippen LogP contribution in [0, 0.1) is 0 Å². The van der Waals surface area contributed by atoms with Crippen molar-refractivity contribution in [3.63, 3.8) is 0 Å². The number of hydrogen-bond acceptors (Lipinski definition) is 4. The molecule has 0 heterocycles. The molecule has 2 atom stereocenters. The molecule has 2 amide bonds. The Kier molecular flexibility index (Phi) is 11.5. The van der Waals surface area contributed by atoms with E-state index in [2.05, 4.69) is 5.32 Å². The predicted octanol–water partition coefficient (Wildman–Crippen LogP) is 5.88. The number of nitrogens with one attached hydrogen (secondary N) is 1. The lowest BCUT2D eigenvalue weighted by molar-refractivity contribution is -0.141. The number of amides is 2. The highest BCUT2D eigenvalue weighted by molar-refractivity contribution is 6.35. The van der Waals surface area contributed by atoms with Gasteiger partial charge in [-0.2, -0.15) is 0 Å². The second-order valence-corrected chi connectivity index (χ2v) is 8.97. The van der Waals surface area contributed by atoms with Crippen LogP contribution < -0.4 is 14.8 Å². The van der Waals surface area contributed by atoms with Gasteiger partial charge in [0.15, 0.2) is 0 Å². The normalized spacial score (nSPS) is 12.5. The van der Waals surface area contributed by atoms with E-state index in [9.17, 15) is 9.59 Å². The molecule has 1 N–H and O–H groups in total. The van der Waals surface area contributed by atoms with Gasteiger partial charge in [0.2, 0.25) is 11.8 Å². The van der Waals surface area contributed by atoms with Crippen LogP contribution in [0.4, 0.5) is 0 Å². The Labute approximate surface area is 212 Å². The smallest absolute Gasteiger partial charge is 0.243 e. The number of benzene rings is 2. The number of carbonyl (C=O) groups excluding carboxylic acids is 2. The maximum absolute atomic E-state index is 13.3. The quantitative estimate of drug-likeness (QED) is 0.343. The van der Waals surface area contributed by atoms with Crippen LogP contribution in [0.15, 0.2) is 42.5 Å². The van der Waals surface area contributed by atoms with Crippen molar-refractivity contribution < 1.29 is 19.1 Å². The van der Waals surface area contributed by atoms with Gasteiger partial charge in [0.1, 0.15) is 17.5 Å². The number of ether oxygens (including phenoxy) is 2. The molecule has 2 aromatic carbocycles. The topological polar surface area (TPSA) is 67.9 Å². The van der Waals surface area contributed by atoms with E-state index < -0.39 is 6.04 Å². The van der Waals surface area contributed by atoms with Gasteiger partial charge < -0.3 is 19.7 Å². The number of hydrogen-bond donors (Lipinski definition) is 1. The van der Waals surface area contributed by atoms with Gasteiger partial charge in [-0.25, -0.2) is 0 Å². The third-order valence-electron chi connectivity index (χ3n) is 5.61. The number of rotatable bonds is 13. The first-order chi connectivity index (χ1) is 16.3. The lowest BCUT2D eigenvalue weighted by Crippen LogP contribution is -2.50. The van der Waals surface area contributed by atoms with Crippen molar-refractivity contribution >= 4 is 35.0 Å². The van der Waals surface area contributed by atoms with Crippen LogP contribution in [0.3, 0.4) is 0 Å². The highest BCUT2D eigenvalue weighted by atomic mass is 35.5. The molecule has 0 aliphatic heterocycles. The van der Waals surface area contributed by atoms with Gasteiger partial charge in [0.05, 0.1) is 13.7 Å². The molecule has 0 aliphatic carbocycles. The van der Waals surface area contributed by atoms with Gasteiger partial charge in [-0.15, -0.1) is 0 Å². The molecule has 0 bridgehead atoms. The number of carbonyl (C=O) groups is 2. The first-order valence-electron chi connectivity index (χ1n) is 11.6. The summed E-state index contributed by atoms with van der Waals surface area (Å²) >= 11 is 12.4. The van der Waals surface area contributed by atoms with E-state index in [0.29, 0.717) is 35.2 Å². The van der Waals surface area contributed by atoms with E-state index >= 15 is 0 Å². The zero-order valence-corrected chi connectivity index (χ0v) is 21.8. The zero-order chi connectivity index (χ0) is 25.1. The van der Waals surface area contributed by atoms with Crippen LogP contribution in [-0.2, 0) is 16.1 Å². The molecular formula is C26H34Cl2N2O4. The van der Waals surface area contributed by atoms with Crippen LogP contribution in [0.2, 0.25) is 10.0 Å². The summed E-state index contributed by atoms with van der Waals surface area (Å²) in [4.78, 5) is 27.9.